The van der Waals surface area contributed by atoms with Crippen molar-refractivity contribution in [2.24, 2.45) is 0 Å². The van der Waals surface area contributed by atoms with Gasteiger partial charge in [-0.05, 0) is 18.2 Å². The molecule has 0 aliphatic heterocycles. The van der Waals surface area contributed by atoms with Crippen molar-refractivity contribution in [3.05, 3.63) is 41.3 Å². The van der Waals surface area contributed by atoms with E-state index in [4.69, 9.17) is 22.1 Å². The first kappa shape index (κ1) is 10.6. The molecule has 2 N–H and O–H groups in total. The maximum absolute atomic E-state index is 12.9. The Balaban J connectivity index is 2.24. The molecule has 2 rings (SSSR count). The van der Waals surface area contributed by atoms with Gasteiger partial charge in [-0.25, -0.2) is 9.37 Å². The average molecular weight is 240 g/mol. The number of hydrogen-bond acceptors (Lipinski definition) is 4. The summed E-state index contributed by atoms with van der Waals surface area (Å²) in [6.07, 6.45) is 1.46. The fourth-order valence-corrected chi connectivity index (χ4v) is 1.22. The van der Waals surface area contributed by atoms with E-state index in [9.17, 15) is 4.39 Å². The lowest BCUT2D eigenvalue weighted by atomic mass is 10.3. The maximum atomic E-state index is 12.9. The monoisotopic (exact) mass is 239 g/mol. The van der Waals surface area contributed by atoms with Crippen LogP contribution in [0, 0.1) is 5.82 Å². The van der Waals surface area contributed by atoms with Crippen LogP contribution >= 0.6 is 11.6 Å². The van der Waals surface area contributed by atoms with Crippen LogP contribution in [0.5, 0.6) is 11.8 Å². The normalized spacial score (nSPS) is 10.1. The molecule has 0 unspecified atom stereocenters. The number of nitrogens with zero attached hydrogens (tertiary/aromatic N) is 2. The number of aromatic nitrogens is 2. The van der Waals surface area contributed by atoms with E-state index in [2.05, 4.69) is 9.97 Å². The molecule has 16 heavy (non-hydrogen) atoms. The fourth-order valence-electron chi connectivity index (χ4n) is 1.05. The second kappa shape index (κ2) is 4.32. The van der Waals surface area contributed by atoms with E-state index < -0.39 is 5.82 Å². The summed E-state index contributed by atoms with van der Waals surface area (Å²) in [5.74, 6) is 0.123. The largest absolute Gasteiger partial charge is 0.424 e. The summed E-state index contributed by atoms with van der Waals surface area (Å²) in [5, 5.41) is -0.0265. The van der Waals surface area contributed by atoms with Crippen LogP contribution < -0.4 is 10.5 Å². The smallest absolute Gasteiger partial charge is 0.323 e. The Morgan fingerprint density at radius 3 is 2.81 bits per heavy atom. The van der Waals surface area contributed by atoms with Gasteiger partial charge < -0.3 is 10.5 Å². The molecule has 0 amide bonds. The number of nitrogen functional groups attached to an aromatic ring is 1. The number of hydrogen-bond donors (Lipinski definition) is 1. The zero-order valence-electron chi connectivity index (χ0n) is 8.02. The Bertz CT molecular complexity index is 521. The first-order chi connectivity index (χ1) is 7.65. The summed E-state index contributed by atoms with van der Waals surface area (Å²) in [4.78, 5) is 7.66. The standard InChI is InChI=1S/C10H7ClFN3O/c11-7-5-6(1-2-8(7)12)16-10-14-4-3-9(13)15-10/h1-5H,(H2,13,14,15). The molecule has 0 saturated carbocycles. The van der Waals surface area contributed by atoms with E-state index in [0.29, 0.717) is 11.6 Å². The molecule has 82 valence electrons. The van der Waals surface area contributed by atoms with E-state index >= 15 is 0 Å². The summed E-state index contributed by atoms with van der Waals surface area (Å²) in [5.41, 5.74) is 5.45. The van der Waals surface area contributed by atoms with Crippen LogP contribution in [-0.2, 0) is 0 Å². The van der Waals surface area contributed by atoms with E-state index in [-0.39, 0.29) is 11.0 Å². The van der Waals surface area contributed by atoms with Crippen LogP contribution in [0.3, 0.4) is 0 Å². The van der Waals surface area contributed by atoms with Crippen LogP contribution in [0.2, 0.25) is 5.02 Å². The predicted molar refractivity (Wildman–Crippen MR) is 57.9 cm³/mol. The van der Waals surface area contributed by atoms with Crippen LogP contribution in [0.4, 0.5) is 10.2 Å². The Morgan fingerprint density at radius 2 is 2.12 bits per heavy atom. The summed E-state index contributed by atoms with van der Waals surface area (Å²) in [7, 11) is 0. The predicted octanol–water partition coefficient (Wildman–Crippen LogP) is 2.64. The molecule has 6 heteroatoms. The van der Waals surface area contributed by atoms with Crippen LogP contribution in [0.25, 0.3) is 0 Å². The van der Waals surface area contributed by atoms with Crippen molar-refractivity contribution in [1.29, 1.82) is 0 Å². The van der Waals surface area contributed by atoms with E-state index in [1.807, 2.05) is 0 Å². The third kappa shape index (κ3) is 2.38. The molecule has 0 spiro atoms. The molecule has 0 bridgehead atoms. The van der Waals surface area contributed by atoms with Crippen LogP contribution in [0.1, 0.15) is 0 Å². The molecule has 0 saturated heterocycles. The minimum Gasteiger partial charge on any atom is -0.424 e. The van der Waals surface area contributed by atoms with E-state index in [0.717, 1.165) is 0 Å². The number of anilines is 1. The van der Waals surface area contributed by atoms with Gasteiger partial charge in [0.2, 0.25) is 0 Å². The van der Waals surface area contributed by atoms with E-state index in [1.54, 1.807) is 0 Å². The quantitative estimate of drug-likeness (QED) is 0.875. The fraction of sp³-hybridized carbons (Fsp3) is 0. The lowest BCUT2D eigenvalue weighted by molar-refractivity contribution is 0.441. The molecule has 2 aromatic rings. The van der Waals surface area contributed by atoms with Gasteiger partial charge in [-0.15, -0.1) is 0 Å². The first-order valence-corrected chi connectivity index (χ1v) is 4.74. The summed E-state index contributed by atoms with van der Waals surface area (Å²) >= 11 is 5.59. The van der Waals surface area contributed by atoms with Gasteiger partial charge in [-0.2, -0.15) is 4.98 Å². The molecule has 0 aliphatic rings. The number of benzene rings is 1. The molecule has 0 atom stereocenters. The second-order valence-electron chi connectivity index (χ2n) is 2.94. The summed E-state index contributed by atoms with van der Waals surface area (Å²) in [6, 6.07) is 5.58. The minimum absolute atomic E-state index is 0.0265. The number of ether oxygens (including phenoxy) is 1. The highest BCUT2D eigenvalue weighted by Gasteiger charge is 2.04. The molecular weight excluding hydrogens is 233 g/mol. The second-order valence-corrected chi connectivity index (χ2v) is 3.35. The zero-order chi connectivity index (χ0) is 11.5. The Hall–Kier alpha value is -1.88. The van der Waals surface area contributed by atoms with Gasteiger partial charge in [0.25, 0.3) is 0 Å². The molecule has 1 aromatic carbocycles. The topological polar surface area (TPSA) is 61.0 Å². The van der Waals surface area contributed by atoms with Crippen molar-refractivity contribution in [1.82, 2.24) is 9.97 Å². The summed E-state index contributed by atoms with van der Waals surface area (Å²) in [6.45, 7) is 0. The van der Waals surface area contributed by atoms with Crippen molar-refractivity contribution in [2.45, 2.75) is 0 Å². The Morgan fingerprint density at radius 1 is 1.31 bits per heavy atom. The van der Waals surface area contributed by atoms with Crippen molar-refractivity contribution in [2.75, 3.05) is 5.73 Å². The maximum Gasteiger partial charge on any atom is 0.323 e. The van der Waals surface area contributed by atoms with Gasteiger partial charge in [0.15, 0.2) is 0 Å². The van der Waals surface area contributed by atoms with Crippen LogP contribution in [0.15, 0.2) is 30.5 Å². The lowest BCUT2D eigenvalue weighted by Gasteiger charge is -2.04. The molecule has 4 nitrogen and oxygen atoms in total. The number of nitrogens with two attached hydrogens (primary N) is 1. The first-order valence-electron chi connectivity index (χ1n) is 4.36. The van der Waals surface area contributed by atoms with Gasteiger partial charge in [0, 0.05) is 12.3 Å². The molecule has 0 aliphatic carbocycles. The van der Waals surface area contributed by atoms with Crippen molar-refractivity contribution in [3.63, 3.8) is 0 Å². The number of rotatable bonds is 2. The minimum atomic E-state index is -0.512. The van der Waals surface area contributed by atoms with Gasteiger partial charge in [0.05, 0.1) is 5.02 Å². The molecule has 0 radical (unpaired) electrons. The van der Waals surface area contributed by atoms with Crippen molar-refractivity contribution < 1.29 is 9.13 Å². The summed E-state index contributed by atoms with van der Waals surface area (Å²) < 4.78 is 18.1. The molecule has 0 fully saturated rings. The van der Waals surface area contributed by atoms with Crippen molar-refractivity contribution >= 4 is 17.4 Å². The number of halogens is 2. The van der Waals surface area contributed by atoms with Gasteiger partial charge in [-0.1, -0.05) is 11.6 Å². The van der Waals surface area contributed by atoms with Gasteiger partial charge in [-0.3, -0.25) is 0 Å². The molecule has 1 heterocycles. The van der Waals surface area contributed by atoms with Crippen molar-refractivity contribution in [3.8, 4) is 11.8 Å². The third-order valence-electron chi connectivity index (χ3n) is 1.76. The highest BCUT2D eigenvalue weighted by Crippen LogP contribution is 2.24. The average Bonchev–Trinajstić information content (AvgIpc) is 2.24. The molecule has 1 aromatic heterocycles. The van der Waals surface area contributed by atoms with Gasteiger partial charge in [0.1, 0.15) is 17.4 Å². The van der Waals surface area contributed by atoms with Gasteiger partial charge >= 0.3 is 6.01 Å². The van der Waals surface area contributed by atoms with Crippen LogP contribution in [-0.4, -0.2) is 9.97 Å². The zero-order valence-corrected chi connectivity index (χ0v) is 8.78. The lowest BCUT2D eigenvalue weighted by Crippen LogP contribution is -1.95. The highest BCUT2D eigenvalue weighted by atomic mass is 35.5. The Kier molecular flexibility index (Phi) is 2.87. The Labute approximate surface area is 95.9 Å². The molecular formula is C10H7ClFN3O. The highest BCUT2D eigenvalue weighted by molar-refractivity contribution is 6.30. The third-order valence-corrected chi connectivity index (χ3v) is 2.04. The SMILES string of the molecule is Nc1ccnc(Oc2ccc(F)c(Cl)c2)n1. The van der Waals surface area contributed by atoms with E-state index in [1.165, 1.54) is 30.5 Å².